The summed E-state index contributed by atoms with van der Waals surface area (Å²) in [6, 6.07) is 28.9. The molecule has 0 unspecified atom stereocenters. The van der Waals surface area contributed by atoms with E-state index in [4.69, 9.17) is 18.9 Å². The van der Waals surface area contributed by atoms with Crippen LogP contribution in [0.2, 0.25) is 0 Å². The first-order valence-corrected chi connectivity index (χ1v) is 13.2. The lowest BCUT2D eigenvalue weighted by Crippen LogP contribution is -2.46. The molecule has 3 atom stereocenters. The fraction of sp³-hybridized carbons (Fsp3) is 0.364. The van der Waals surface area contributed by atoms with Gasteiger partial charge in [-0.3, -0.25) is 4.79 Å². The van der Waals surface area contributed by atoms with Gasteiger partial charge in [-0.2, -0.15) is 0 Å². The second-order valence-corrected chi connectivity index (χ2v) is 9.70. The van der Waals surface area contributed by atoms with E-state index in [1.165, 1.54) is 0 Å². The van der Waals surface area contributed by atoms with Crippen molar-refractivity contribution in [1.82, 2.24) is 0 Å². The summed E-state index contributed by atoms with van der Waals surface area (Å²) in [7, 11) is 0. The van der Waals surface area contributed by atoms with Gasteiger partial charge in [-0.1, -0.05) is 90.7 Å². The van der Waals surface area contributed by atoms with E-state index in [0.717, 1.165) is 16.7 Å². The highest BCUT2D eigenvalue weighted by atomic mass is 16.6. The van der Waals surface area contributed by atoms with Gasteiger partial charge in [0.1, 0.15) is 18.3 Å². The fourth-order valence-corrected chi connectivity index (χ4v) is 3.74. The third-order valence-corrected chi connectivity index (χ3v) is 6.11. The van der Waals surface area contributed by atoms with Crippen LogP contribution in [0.5, 0.6) is 0 Å². The Bertz CT molecular complexity index is 1170. The van der Waals surface area contributed by atoms with Crippen LogP contribution in [-0.4, -0.2) is 49.2 Å². The average Bonchev–Trinajstić information content (AvgIpc) is 2.96. The van der Waals surface area contributed by atoms with Gasteiger partial charge in [0.05, 0.1) is 38.4 Å². The van der Waals surface area contributed by atoms with Crippen LogP contribution < -0.4 is 0 Å². The minimum absolute atomic E-state index is 0.0208. The Morgan fingerprint density at radius 1 is 0.821 bits per heavy atom. The summed E-state index contributed by atoms with van der Waals surface area (Å²) >= 11 is 0. The minimum Gasteiger partial charge on any atom is -0.465 e. The molecule has 0 amide bonds. The van der Waals surface area contributed by atoms with Crippen molar-refractivity contribution in [2.24, 2.45) is 5.41 Å². The first-order valence-electron chi connectivity index (χ1n) is 13.2. The average molecular weight is 531 g/mol. The molecular formula is C33H38O6. The van der Waals surface area contributed by atoms with Gasteiger partial charge in [-0.15, -0.1) is 0 Å². The summed E-state index contributed by atoms with van der Waals surface area (Å²) < 4.78 is 23.5. The number of ether oxygens (including phenoxy) is 4. The molecule has 0 spiro atoms. The number of esters is 1. The van der Waals surface area contributed by atoms with Crippen molar-refractivity contribution < 1.29 is 28.8 Å². The molecule has 6 nitrogen and oxygen atoms in total. The fourth-order valence-electron chi connectivity index (χ4n) is 3.74. The van der Waals surface area contributed by atoms with E-state index in [-0.39, 0.29) is 19.8 Å². The topological polar surface area (TPSA) is 74.2 Å². The normalized spacial score (nSPS) is 13.5. The molecule has 0 heterocycles. The van der Waals surface area contributed by atoms with Gasteiger partial charge in [0.15, 0.2) is 0 Å². The third-order valence-electron chi connectivity index (χ3n) is 6.11. The lowest BCUT2D eigenvalue weighted by atomic mass is 9.86. The van der Waals surface area contributed by atoms with E-state index in [1.807, 2.05) is 91.0 Å². The first kappa shape index (κ1) is 30.1. The predicted octanol–water partition coefficient (Wildman–Crippen LogP) is 5.18. The van der Waals surface area contributed by atoms with Gasteiger partial charge in [0, 0.05) is 5.56 Å². The van der Waals surface area contributed by atoms with Crippen LogP contribution in [0.4, 0.5) is 0 Å². The van der Waals surface area contributed by atoms with Crippen molar-refractivity contribution in [3.05, 3.63) is 108 Å². The number of hydrogen-bond donors (Lipinski definition) is 1. The monoisotopic (exact) mass is 530 g/mol. The molecule has 1 N–H and O–H groups in total. The van der Waals surface area contributed by atoms with Crippen molar-refractivity contribution in [1.29, 1.82) is 0 Å². The summed E-state index contributed by atoms with van der Waals surface area (Å²) in [5.74, 6) is 5.78. The molecule has 3 aromatic carbocycles. The molecular weight excluding hydrogens is 492 g/mol. The molecule has 3 rings (SSSR count). The lowest BCUT2D eigenvalue weighted by molar-refractivity contribution is -0.172. The van der Waals surface area contributed by atoms with Crippen LogP contribution in [0.25, 0.3) is 0 Å². The number of benzene rings is 3. The quantitative estimate of drug-likeness (QED) is 0.229. The van der Waals surface area contributed by atoms with Gasteiger partial charge in [0.2, 0.25) is 0 Å². The number of hydrogen-bond acceptors (Lipinski definition) is 6. The third kappa shape index (κ3) is 9.97. The summed E-state index contributed by atoms with van der Waals surface area (Å²) in [6.07, 6.45) is -2.72. The maximum Gasteiger partial charge on any atom is 0.315 e. The van der Waals surface area contributed by atoms with Gasteiger partial charge in [0.25, 0.3) is 0 Å². The minimum atomic E-state index is -1.11. The van der Waals surface area contributed by atoms with E-state index in [2.05, 4.69) is 11.8 Å². The van der Waals surface area contributed by atoms with Crippen LogP contribution in [-0.2, 0) is 37.0 Å². The molecule has 0 aromatic heterocycles. The Balaban J connectivity index is 1.78. The molecule has 0 bridgehead atoms. The van der Waals surface area contributed by atoms with Crippen LogP contribution in [0.3, 0.4) is 0 Å². The zero-order valence-electron chi connectivity index (χ0n) is 22.9. The van der Waals surface area contributed by atoms with Crippen molar-refractivity contribution >= 4 is 5.97 Å². The summed E-state index contributed by atoms with van der Waals surface area (Å²) in [5, 5.41) is 11.1. The Kier molecular flexibility index (Phi) is 12.2. The number of carbonyl (C=O) groups excluding carboxylic acids is 1. The highest BCUT2D eigenvalue weighted by Gasteiger charge is 2.41. The molecule has 0 aliphatic heterocycles. The lowest BCUT2D eigenvalue weighted by Gasteiger charge is -2.33. The number of rotatable bonds is 14. The van der Waals surface area contributed by atoms with Gasteiger partial charge in [-0.25, -0.2) is 0 Å². The first-order chi connectivity index (χ1) is 18.9. The summed E-state index contributed by atoms with van der Waals surface area (Å²) in [4.78, 5) is 12.9. The van der Waals surface area contributed by atoms with Crippen LogP contribution >= 0.6 is 0 Å². The van der Waals surface area contributed by atoms with E-state index in [1.54, 1.807) is 20.8 Å². The second kappa shape index (κ2) is 15.8. The van der Waals surface area contributed by atoms with Crippen molar-refractivity contribution in [2.45, 2.75) is 52.3 Å². The van der Waals surface area contributed by atoms with E-state index in [0.29, 0.717) is 13.2 Å². The van der Waals surface area contributed by atoms with Crippen molar-refractivity contribution in [3.8, 4) is 11.8 Å². The van der Waals surface area contributed by atoms with E-state index < -0.39 is 29.7 Å². The molecule has 0 fully saturated rings. The Labute approximate surface area is 231 Å². The summed E-state index contributed by atoms with van der Waals surface area (Å²) in [5.41, 5.74) is 1.67. The SMILES string of the molecule is CCOC(=O)C(C)(C)[C@@H](C#Cc1ccccc1)O[C@H](COCc1ccccc1)[C@@H](O)COCc1ccccc1. The largest absolute Gasteiger partial charge is 0.465 e. The zero-order chi connectivity index (χ0) is 27.9. The maximum absolute atomic E-state index is 12.9. The Morgan fingerprint density at radius 3 is 1.87 bits per heavy atom. The highest BCUT2D eigenvalue weighted by Crippen LogP contribution is 2.27. The van der Waals surface area contributed by atoms with Crippen LogP contribution in [0.15, 0.2) is 91.0 Å². The maximum atomic E-state index is 12.9. The molecule has 0 aliphatic rings. The predicted molar refractivity (Wildman–Crippen MR) is 151 cm³/mol. The van der Waals surface area contributed by atoms with Crippen LogP contribution in [0, 0.1) is 17.3 Å². The number of aliphatic hydroxyl groups is 1. The Morgan fingerprint density at radius 2 is 1.33 bits per heavy atom. The van der Waals surface area contributed by atoms with E-state index >= 15 is 0 Å². The molecule has 0 saturated carbocycles. The van der Waals surface area contributed by atoms with E-state index in [9.17, 15) is 9.90 Å². The van der Waals surface area contributed by atoms with Crippen molar-refractivity contribution in [2.75, 3.05) is 19.8 Å². The smallest absolute Gasteiger partial charge is 0.315 e. The second-order valence-electron chi connectivity index (χ2n) is 9.70. The molecule has 0 saturated heterocycles. The van der Waals surface area contributed by atoms with Gasteiger partial charge < -0.3 is 24.1 Å². The molecule has 0 radical (unpaired) electrons. The molecule has 206 valence electrons. The molecule has 6 heteroatoms. The Hall–Kier alpha value is -3.47. The van der Waals surface area contributed by atoms with Crippen LogP contribution in [0.1, 0.15) is 37.5 Å². The molecule has 39 heavy (non-hydrogen) atoms. The standard InChI is InChI=1S/C33H38O6/c1-4-38-32(35)33(2,3)31(21-20-26-14-8-5-9-15-26)39-30(25-37-23-28-18-12-7-13-19-28)29(34)24-36-22-27-16-10-6-11-17-27/h5-19,29-31,34H,4,22-25H2,1-3H3/t29-,30+,31+/m0/s1. The molecule has 0 aliphatic carbocycles. The number of carbonyl (C=O) groups is 1. The number of aliphatic hydroxyl groups excluding tert-OH is 1. The van der Waals surface area contributed by atoms with Crippen molar-refractivity contribution in [3.63, 3.8) is 0 Å². The molecule has 3 aromatic rings. The summed E-state index contributed by atoms with van der Waals surface area (Å²) in [6.45, 7) is 6.25. The van der Waals surface area contributed by atoms with Gasteiger partial charge in [-0.05, 0) is 44.0 Å². The van der Waals surface area contributed by atoms with Gasteiger partial charge >= 0.3 is 5.97 Å². The zero-order valence-corrected chi connectivity index (χ0v) is 22.9. The highest BCUT2D eigenvalue weighted by molar-refractivity contribution is 5.77.